The lowest BCUT2D eigenvalue weighted by Gasteiger charge is -2.04. The van der Waals surface area contributed by atoms with Gasteiger partial charge >= 0.3 is 5.97 Å². The highest BCUT2D eigenvalue weighted by atomic mass is 32.1. The Morgan fingerprint density at radius 1 is 1.36 bits per heavy atom. The third-order valence-electron chi connectivity index (χ3n) is 3.56. The van der Waals surface area contributed by atoms with Crippen LogP contribution in [0.3, 0.4) is 0 Å². The summed E-state index contributed by atoms with van der Waals surface area (Å²) in [6, 6.07) is 11.2. The number of nitrogens with one attached hydrogen (secondary N) is 1. The Hall–Kier alpha value is -2.93. The predicted molar refractivity (Wildman–Crippen MR) is 99.6 cm³/mol. The molecule has 3 aromatic rings. The quantitative estimate of drug-likeness (QED) is 0.411. The van der Waals surface area contributed by atoms with Crippen molar-refractivity contribution in [2.24, 2.45) is 5.10 Å². The number of nitrogens with zero attached hydrogens (tertiary/aromatic N) is 2. The van der Waals surface area contributed by atoms with E-state index >= 15 is 0 Å². The molecule has 2 aromatic carbocycles. The molecule has 0 aliphatic carbocycles. The Morgan fingerprint density at radius 3 is 2.96 bits per heavy atom. The SMILES string of the molecule is CCOC(=O)c1sc(N/N=C\c2c(O)ccc3ccccc23)nc1C. The fourth-order valence-electron chi connectivity index (χ4n) is 2.40. The van der Waals surface area contributed by atoms with Crippen LogP contribution in [0, 0.1) is 6.92 Å². The topological polar surface area (TPSA) is 83.8 Å². The van der Waals surface area contributed by atoms with Crippen LogP contribution in [0.5, 0.6) is 5.75 Å². The number of aryl methyl sites for hydroxylation is 1. The number of thiazole rings is 1. The second-order valence-corrected chi connectivity index (χ2v) is 6.24. The molecular formula is C18H17N3O3S. The van der Waals surface area contributed by atoms with E-state index in [0.29, 0.717) is 27.9 Å². The van der Waals surface area contributed by atoms with Crippen molar-refractivity contribution in [2.75, 3.05) is 12.0 Å². The third-order valence-corrected chi connectivity index (χ3v) is 4.60. The first kappa shape index (κ1) is 16.9. The number of esters is 1. The smallest absolute Gasteiger partial charge is 0.350 e. The van der Waals surface area contributed by atoms with Gasteiger partial charge < -0.3 is 9.84 Å². The minimum absolute atomic E-state index is 0.145. The summed E-state index contributed by atoms with van der Waals surface area (Å²) in [6.45, 7) is 3.82. The molecule has 0 radical (unpaired) electrons. The van der Waals surface area contributed by atoms with Crippen LogP contribution in [0.25, 0.3) is 10.8 Å². The first-order valence-electron chi connectivity index (χ1n) is 7.74. The molecule has 1 aromatic heterocycles. The van der Waals surface area contributed by atoms with Crippen LogP contribution >= 0.6 is 11.3 Å². The summed E-state index contributed by atoms with van der Waals surface area (Å²) in [6.07, 6.45) is 1.54. The average molecular weight is 355 g/mol. The highest BCUT2D eigenvalue weighted by Gasteiger charge is 2.16. The maximum Gasteiger partial charge on any atom is 0.350 e. The molecule has 0 aliphatic rings. The van der Waals surface area contributed by atoms with Crippen molar-refractivity contribution in [1.29, 1.82) is 0 Å². The summed E-state index contributed by atoms with van der Waals surface area (Å²) < 4.78 is 4.99. The number of benzene rings is 2. The summed E-state index contributed by atoms with van der Waals surface area (Å²) in [5.74, 6) is -0.243. The van der Waals surface area contributed by atoms with Crippen LogP contribution in [0.2, 0.25) is 0 Å². The van der Waals surface area contributed by atoms with E-state index in [0.717, 1.165) is 10.8 Å². The first-order chi connectivity index (χ1) is 12.1. The molecule has 7 heteroatoms. The van der Waals surface area contributed by atoms with E-state index in [4.69, 9.17) is 4.74 Å². The summed E-state index contributed by atoms with van der Waals surface area (Å²) >= 11 is 1.18. The van der Waals surface area contributed by atoms with E-state index in [1.165, 1.54) is 11.3 Å². The lowest BCUT2D eigenvalue weighted by Crippen LogP contribution is -2.03. The molecule has 3 rings (SSSR count). The normalized spacial score (nSPS) is 11.1. The van der Waals surface area contributed by atoms with Gasteiger partial charge in [0.2, 0.25) is 5.13 Å². The maximum absolute atomic E-state index is 11.8. The lowest BCUT2D eigenvalue weighted by atomic mass is 10.0. The molecule has 1 heterocycles. The number of hydrazone groups is 1. The molecule has 0 unspecified atom stereocenters. The summed E-state index contributed by atoms with van der Waals surface area (Å²) in [5, 5.41) is 16.6. The van der Waals surface area contributed by atoms with Gasteiger partial charge in [-0.2, -0.15) is 5.10 Å². The molecule has 0 aliphatic heterocycles. The highest BCUT2D eigenvalue weighted by Crippen LogP contribution is 2.26. The van der Waals surface area contributed by atoms with Crippen molar-refractivity contribution in [3.05, 3.63) is 52.5 Å². The fraction of sp³-hybridized carbons (Fsp3) is 0.167. The molecular weight excluding hydrogens is 338 g/mol. The van der Waals surface area contributed by atoms with Crippen LogP contribution in [-0.4, -0.2) is 28.9 Å². The van der Waals surface area contributed by atoms with Crippen molar-refractivity contribution < 1.29 is 14.6 Å². The molecule has 6 nitrogen and oxygen atoms in total. The van der Waals surface area contributed by atoms with Gasteiger partial charge in [-0.3, -0.25) is 5.43 Å². The average Bonchev–Trinajstić information content (AvgIpc) is 2.98. The summed E-state index contributed by atoms with van der Waals surface area (Å²) in [4.78, 5) is 16.5. The van der Waals surface area contributed by atoms with Gasteiger partial charge in [-0.1, -0.05) is 41.7 Å². The molecule has 25 heavy (non-hydrogen) atoms. The van der Waals surface area contributed by atoms with Gasteiger partial charge in [-0.05, 0) is 30.7 Å². The molecule has 128 valence electrons. The van der Waals surface area contributed by atoms with Crippen molar-refractivity contribution in [1.82, 2.24) is 4.98 Å². The Morgan fingerprint density at radius 2 is 2.16 bits per heavy atom. The van der Waals surface area contributed by atoms with Crippen molar-refractivity contribution in [3.63, 3.8) is 0 Å². The van der Waals surface area contributed by atoms with Gasteiger partial charge in [-0.25, -0.2) is 9.78 Å². The number of hydrogen-bond donors (Lipinski definition) is 2. The van der Waals surface area contributed by atoms with Gasteiger partial charge in [-0.15, -0.1) is 0 Å². The predicted octanol–water partition coefficient (Wildman–Crippen LogP) is 3.93. The molecule has 0 saturated carbocycles. The Kier molecular flexibility index (Phi) is 4.95. The number of hydrogen-bond acceptors (Lipinski definition) is 7. The van der Waals surface area contributed by atoms with Gasteiger partial charge in [0, 0.05) is 5.56 Å². The third kappa shape index (κ3) is 3.61. The zero-order chi connectivity index (χ0) is 17.8. The van der Waals surface area contributed by atoms with E-state index in [-0.39, 0.29) is 11.7 Å². The van der Waals surface area contributed by atoms with Crippen LogP contribution in [0.1, 0.15) is 27.9 Å². The summed E-state index contributed by atoms with van der Waals surface area (Å²) in [7, 11) is 0. The maximum atomic E-state index is 11.8. The molecule has 0 amide bonds. The van der Waals surface area contributed by atoms with Crippen molar-refractivity contribution in [3.8, 4) is 5.75 Å². The molecule has 0 atom stereocenters. The fourth-order valence-corrected chi connectivity index (χ4v) is 3.21. The number of fused-ring (bicyclic) bond motifs is 1. The molecule has 2 N–H and O–H groups in total. The molecule has 0 spiro atoms. The zero-order valence-electron chi connectivity index (χ0n) is 13.8. The van der Waals surface area contributed by atoms with Crippen molar-refractivity contribution in [2.45, 2.75) is 13.8 Å². The number of aromatic hydroxyl groups is 1. The minimum atomic E-state index is -0.388. The van der Waals surface area contributed by atoms with Gasteiger partial charge in [0.1, 0.15) is 10.6 Å². The minimum Gasteiger partial charge on any atom is -0.507 e. The monoisotopic (exact) mass is 355 g/mol. The number of carbonyl (C=O) groups excluding carboxylic acids is 1. The van der Waals surface area contributed by atoms with Crippen molar-refractivity contribution >= 4 is 39.4 Å². The van der Waals surface area contributed by atoms with Crippen LogP contribution in [0.4, 0.5) is 5.13 Å². The number of phenols is 1. The molecule has 0 saturated heterocycles. The van der Waals surface area contributed by atoms with E-state index in [2.05, 4.69) is 15.5 Å². The number of ether oxygens (including phenoxy) is 1. The summed E-state index contributed by atoms with van der Waals surface area (Å²) in [5.41, 5.74) is 4.01. The number of rotatable bonds is 5. The molecule has 0 bridgehead atoms. The Balaban J connectivity index is 1.82. The zero-order valence-corrected chi connectivity index (χ0v) is 14.6. The number of carbonyl (C=O) groups is 1. The van der Waals surface area contributed by atoms with E-state index < -0.39 is 0 Å². The van der Waals surface area contributed by atoms with E-state index in [9.17, 15) is 9.90 Å². The van der Waals surface area contributed by atoms with E-state index in [1.54, 1.807) is 26.1 Å². The van der Waals surface area contributed by atoms with Crippen LogP contribution in [0.15, 0.2) is 41.5 Å². The van der Waals surface area contributed by atoms with Gasteiger partial charge in [0.15, 0.2) is 0 Å². The van der Waals surface area contributed by atoms with Crippen LogP contribution < -0.4 is 5.43 Å². The Bertz CT molecular complexity index is 950. The molecule has 0 fully saturated rings. The van der Waals surface area contributed by atoms with Gasteiger partial charge in [0.25, 0.3) is 0 Å². The number of aromatic nitrogens is 1. The van der Waals surface area contributed by atoms with E-state index in [1.807, 2.05) is 30.3 Å². The van der Waals surface area contributed by atoms with Gasteiger partial charge in [0.05, 0.1) is 18.5 Å². The Labute approximate surface area is 148 Å². The second-order valence-electron chi connectivity index (χ2n) is 5.24. The lowest BCUT2D eigenvalue weighted by molar-refractivity contribution is 0.0531. The first-order valence-corrected chi connectivity index (χ1v) is 8.56. The second kappa shape index (κ2) is 7.31. The highest BCUT2D eigenvalue weighted by molar-refractivity contribution is 7.17. The number of phenolic OH excluding ortho intramolecular Hbond substituents is 1. The largest absolute Gasteiger partial charge is 0.507 e. The standard InChI is InChI=1S/C18H17N3O3S/c1-3-24-17(23)16-11(2)20-18(25-16)21-19-10-14-13-7-5-4-6-12(13)8-9-15(14)22/h4-10,22H,3H2,1-2H3,(H,20,21)/b19-10-. The number of anilines is 1. The van der Waals surface area contributed by atoms with Crippen LogP contribution in [-0.2, 0) is 4.74 Å².